The molecule has 0 bridgehead atoms. The Hall–Kier alpha value is -1.84. The lowest BCUT2D eigenvalue weighted by molar-refractivity contribution is -0.134. The zero-order chi connectivity index (χ0) is 12.1. The van der Waals surface area contributed by atoms with E-state index >= 15 is 0 Å². The van der Waals surface area contributed by atoms with Gasteiger partial charge in [0.2, 0.25) is 0 Å². The van der Waals surface area contributed by atoms with Crippen LogP contribution >= 0.6 is 0 Å². The Bertz CT molecular complexity index is 413. The summed E-state index contributed by atoms with van der Waals surface area (Å²) in [6.45, 7) is 3.29. The number of rotatable bonds is 4. The summed E-state index contributed by atoms with van der Waals surface area (Å²) in [4.78, 5) is 22.7. The second-order valence-electron chi connectivity index (χ2n) is 3.50. The Labute approximate surface area is 94.4 Å². The minimum absolute atomic E-state index is 0.174. The first-order chi connectivity index (χ1) is 7.56. The molecule has 0 aliphatic heterocycles. The van der Waals surface area contributed by atoms with E-state index in [0.717, 1.165) is 0 Å². The van der Waals surface area contributed by atoms with E-state index in [2.05, 4.69) is 0 Å². The first-order valence-corrected chi connectivity index (χ1v) is 5.16. The number of ether oxygens (including phenoxy) is 1. The molecule has 4 heteroatoms. The standard InChI is InChI=1S/C12H15NO3/c1-3-5-11(15)16-12-9(8(2)14)6-4-7-10(12)13/h4,6-7H,3,5,13H2,1-2H3. The lowest BCUT2D eigenvalue weighted by Crippen LogP contribution is -2.11. The van der Waals surface area contributed by atoms with Crippen LogP contribution in [-0.4, -0.2) is 11.8 Å². The molecule has 0 amide bonds. The fraction of sp³-hybridized carbons (Fsp3) is 0.333. The molecule has 16 heavy (non-hydrogen) atoms. The van der Waals surface area contributed by atoms with Crippen molar-refractivity contribution in [1.29, 1.82) is 0 Å². The molecule has 4 nitrogen and oxygen atoms in total. The molecular weight excluding hydrogens is 206 g/mol. The Kier molecular flexibility index (Phi) is 4.05. The van der Waals surface area contributed by atoms with Gasteiger partial charge in [-0.2, -0.15) is 0 Å². The van der Waals surface area contributed by atoms with Gasteiger partial charge < -0.3 is 10.5 Å². The molecule has 0 aliphatic rings. The number of benzene rings is 1. The van der Waals surface area contributed by atoms with Crippen molar-refractivity contribution in [2.75, 3.05) is 5.73 Å². The summed E-state index contributed by atoms with van der Waals surface area (Å²) in [5, 5.41) is 0. The molecule has 1 rings (SSSR count). The molecule has 0 saturated heterocycles. The third-order valence-electron chi connectivity index (χ3n) is 2.09. The number of carbonyl (C=O) groups is 2. The third kappa shape index (κ3) is 2.82. The predicted molar refractivity (Wildman–Crippen MR) is 61.4 cm³/mol. The van der Waals surface area contributed by atoms with E-state index in [1.807, 2.05) is 6.92 Å². The van der Waals surface area contributed by atoms with Crippen LogP contribution in [0.3, 0.4) is 0 Å². The van der Waals surface area contributed by atoms with E-state index in [9.17, 15) is 9.59 Å². The summed E-state index contributed by atoms with van der Waals surface area (Å²) in [5.41, 5.74) is 6.31. The van der Waals surface area contributed by atoms with Crippen molar-refractivity contribution in [2.45, 2.75) is 26.7 Å². The second-order valence-corrected chi connectivity index (χ2v) is 3.50. The fourth-order valence-electron chi connectivity index (χ4n) is 1.32. The monoisotopic (exact) mass is 221 g/mol. The molecule has 86 valence electrons. The molecule has 1 aromatic rings. The van der Waals surface area contributed by atoms with Crippen molar-refractivity contribution in [3.05, 3.63) is 23.8 Å². The third-order valence-corrected chi connectivity index (χ3v) is 2.09. The summed E-state index contributed by atoms with van der Waals surface area (Å²) in [5.74, 6) is -0.372. The van der Waals surface area contributed by atoms with Crippen LogP contribution in [0.25, 0.3) is 0 Å². The normalized spacial score (nSPS) is 9.88. The van der Waals surface area contributed by atoms with Gasteiger partial charge in [-0.05, 0) is 25.5 Å². The maximum atomic E-state index is 11.4. The molecule has 0 aliphatic carbocycles. The number of carbonyl (C=O) groups excluding carboxylic acids is 2. The zero-order valence-electron chi connectivity index (χ0n) is 9.45. The SMILES string of the molecule is CCCC(=O)Oc1c(N)cccc1C(C)=O. The molecule has 0 aromatic heterocycles. The van der Waals surface area contributed by atoms with Crippen molar-refractivity contribution >= 4 is 17.4 Å². The van der Waals surface area contributed by atoms with Crippen LogP contribution in [0.15, 0.2) is 18.2 Å². The average molecular weight is 221 g/mol. The van der Waals surface area contributed by atoms with Gasteiger partial charge in [-0.3, -0.25) is 9.59 Å². The number of hydrogen-bond acceptors (Lipinski definition) is 4. The minimum Gasteiger partial charge on any atom is -0.424 e. The Morgan fingerprint density at radius 3 is 2.62 bits per heavy atom. The highest BCUT2D eigenvalue weighted by Gasteiger charge is 2.14. The van der Waals surface area contributed by atoms with Crippen LogP contribution in [-0.2, 0) is 4.79 Å². The Balaban J connectivity index is 3.01. The topological polar surface area (TPSA) is 69.4 Å². The Morgan fingerprint density at radius 2 is 2.06 bits per heavy atom. The van der Waals surface area contributed by atoms with E-state index < -0.39 is 0 Å². The van der Waals surface area contributed by atoms with Gasteiger partial charge in [0.25, 0.3) is 0 Å². The minimum atomic E-state index is -0.372. The number of ketones is 1. The van der Waals surface area contributed by atoms with Crippen molar-refractivity contribution in [3.63, 3.8) is 0 Å². The maximum Gasteiger partial charge on any atom is 0.311 e. The van der Waals surface area contributed by atoms with Crippen molar-refractivity contribution < 1.29 is 14.3 Å². The van der Waals surface area contributed by atoms with Crippen LogP contribution in [0.4, 0.5) is 5.69 Å². The van der Waals surface area contributed by atoms with E-state index in [4.69, 9.17) is 10.5 Å². The highest BCUT2D eigenvalue weighted by molar-refractivity contribution is 5.99. The van der Waals surface area contributed by atoms with Gasteiger partial charge in [0, 0.05) is 6.42 Å². The highest BCUT2D eigenvalue weighted by atomic mass is 16.5. The molecule has 0 heterocycles. The highest BCUT2D eigenvalue weighted by Crippen LogP contribution is 2.27. The summed E-state index contributed by atoms with van der Waals surface area (Å²) in [6.07, 6.45) is 1.01. The lowest BCUT2D eigenvalue weighted by atomic mass is 10.1. The quantitative estimate of drug-likeness (QED) is 0.366. The summed E-state index contributed by atoms with van der Waals surface area (Å²) in [6, 6.07) is 4.84. The van der Waals surface area contributed by atoms with E-state index in [1.165, 1.54) is 6.92 Å². The van der Waals surface area contributed by atoms with Gasteiger partial charge in [-0.25, -0.2) is 0 Å². The van der Waals surface area contributed by atoms with Crippen molar-refractivity contribution in [3.8, 4) is 5.75 Å². The molecule has 2 N–H and O–H groups in total. The molecule has 0 radical (unpaired) electrons. The maximum absolute atomic E-state index is 11.4. The van der Waals surface area contributed by atoms with Crippen LogP contribution in [0.5, 0.6) is 5.75 Å². The number of esters is 1. The summed E-state index contributed by atoms with van der Waals surface area (Å²) in [7, 11) is 0. The molecule has 1 aromatic carbocycles. The fourth-order valence-corrected chi connectivity index (χ4v) is 1.32. The van der Waals surface area contributed by atoms with Gasteiger partial charge in [-0.1, -0.05) is 13.0 Å². The number of para-hydroxylation sites is 1. The molecule has 0 saturated carbocycles. The molecular formula is C12H15NO3. The number of anilines is 1. The zero-order valence-corrected chi connectivity index (χ0v) is 9.45. The Morgan fingerprint density at radius 1 is 1.38 bits per heavy atom. The average Bonchev–Trinajstić information content (AvgIpc) is 2.21. The number of nitrogens with two attached hydrogens (primary N) is 1. The van der Waals surface area contributed by atoms with Crippen LogP contribution in [0, 0.1) is 0 Å². The van der Waals surface area contributed by atoms with E-state index in [1.54, 1.807) is 18.2 Å². The van der Waals surface area contributed by atoms with Gasteiger partial charge in [0.05, 0.1) is 11.3 Å². The van der Waals surface area contributed by atoms with E-state index in [0.29, 0.717) is 24.1 Å². The van der Waals surface area contributed by atoms with Crippen molar-refractivity contribution in [1.82, 2.24) is 0 Å². The largest absolute Gasteiger partial charge is 0.424 e. The molecule has 0 unspecified atom stereocenters. The summed E-state index contributed by atoms with van der Waals surface area (Å²) < 4.78 is 5.09. The van der Waals surface area contributed by atoms with Crippen LogP contribution in [0.2, 0.25) is 0 Å². The van der Waals surface area contributed by atoms with Gasteiger partial charge >= 0.3 is 5.97 Å². The number of hydrogen-bond donors (Lipinski definition) is 1. The first kappa shape index (κ1) is 12.2. The number of nitrogen functional groups attached to an aromatic ring is 1. The number of Topliss-reactive ketones (excluding diaryl/α,β-unsaturated/α-hetero) is 1. The smallest absolute Gasteiger partial charge is 0.311 e. The molecule has 0 fully saturated rings. The van der Waals surface area contributed by atoms with E-state index in [-0.39, 0.29) is 17.5 Å². The predicted octanol–water partition coefficient (Wildman–Crippen LogP) is 2.18. The molecule has 0 spiro atoms. The van der Waals surface area contributed by atoms with Crippen LogP contribution in [0.1, 0.15) is 37.0 Å². The lowest BCUT2D eigenvalue weighted by Gasteiger charge is -2.10. The first-order valence-electron chi connectivity index (χ1n) is 5.16. The second kappa shape index (κ2) is 5.30. The van der Waals surface area contributed by atoms with Gasteiger partial charge in [0.15, 0.2) is 11.5 Å². The van der Waals surface area contributed by atoms with Crippen LogP contribution < -0.4 is 10.5 Å². The van der Waals surface area contributed by atoms with Crippen molar-refractivity contribution in [2.24, 2.45) is 0 Å². The summed E-state index contributed by atoms with van der Waals surface area (Å²) >= 11 is 0. The van der Waals surface area contributed by atoms with Gasteiger partial charge in [-0.15, -0.1) is 0 Å². The van der Waals surface area contributed by atoms with Gasteiger partial charge in [0.1, 0.15) is 0 Å². The molecule has 0 atom stereocenters.